The zero-order valence-electron chi connectivity index (χ0n) is 15.3. The molecule has 0 unspecified atom stereocenters. The molecule has 0 aliphatic carbocycles. The minimum atomic E-state index is -4.42. The van der Waals surface area contributed by atoms with E-state index in [2.05, 4.69) is 25.3 Å². The van der Waals surface area contributed by atoms with Gasteiger partial charge in [0.1, 0.15) is 5.82 Å². The molecular formula is C18H21F4IN4O. The standard InChI is InChI=1S/C18H20F4N4O.HI/c1-12-3-4-13(7-15(12)19)9-25-17(23-2)26-10-14-5-6-24-16(8-14)27-11-18(20,21)22;/h3-8H,9-11H2,1-2H3,(H2,23,25,26);1H. The van der Waals surface area contributed by atoms with Gasteiger partial charge in [-0.15, -0.1) is 24.0 Å². The van der Waals surface area contributed by atoms with Crippen LogP contribution >= 0.6 is 24.0 Å². The van der Waals surface area contributed by atoms with Crippen LogP contribution in [0.1, 0.15) is 16.7 Å². The Labute approximate surface area is 177 Å². The van der Waals surface area contributed by atoms with Gasteiger partial charge in [-0.2, -0.15) is 13.2 Å². The van der Waals surface area contributed by atoms with Gasteiger partial charge < -0.3 is 15.4 Å². The van der Waals surface area contributed by atoms with Crippen molar-refractivity contribution in [1.29, 1.82) is 0 Å². The number of nitrogens with zero attached hydrogens (tertiary/aromatic N) is 2. The van der Waals surface area contributed by atoms with E-state index in [1.54, 1.807) is 26.1 Å². The van der Waals surface area contributed by atoms with Gasteiger partial charge in [0.15, 0.2) is 12.6 Å². The first-order valence-corrected chi connectivity index (χ1v) is 8.11. The lowest BCUT2D eigenvalue weighted by Gasteiger charge is -2.13. The number of hydrogen-bond donors (Lipinski definition) is 2. The second-order valence-electron chi connectivity index (χ2n) is 5.77. The van der Waals surface area contributed by atoms with Crippen LogP contribution in [0.3, 0.4) is 0 Å². The van der Waals surface area contributed by atoms with E-state index in [9.17, 15) is 17.6 Å². The third kappa shape index (κ3) is 8.28. The largest absolute Gasteiger partial charge is 0.468 e. The Morgan fingerprint density at radius 2 is 1.75 bits per heavy atom. The molecule has 2 rings (SSSR count). The molecule has 1 aromatic carbocycles. The number of aryl methyl sites for hydroxylation is 1. The van der Waals surface area contributed by atoms with Gasteiger partial charge in [0.2, 0.25) is 5.88 Å². The Hall–Kier alpha value is -2.11. The fraction of sp³-hybridized carbons (Fsp3) is 0.333. The normalized spacial score (nSPS) is 11.6. The summed E-state index contributed by atoms with van der Waals surface area (Å²) in [5.74, 6) is 0.0793. The molecule has 1 heterocycles. The van der Waals surface area contributed by atoms with Gasteiger partial charge in [-0.25, -0.2) is 9.37 Å². The van der Waals surface area contributed by atoms with Crippen LogP contribution in [0.25, 0.3) is 0 Å². The predicted octanol–water partition coefficient (Wildman–Crippen LogP) is 3.95. The van der Waals surface area contributed by atoms with Crippen LogP contribution in [0.5, 0.6) is 5.88 Å². The molecule has 2 N–H and O–H groups in total. The first-order valence-electron chi connectivity index (χ1n) is 8.11. The van der Waals surface area contributed by atoms with Crippen LogP contribution in [0.15, 0.2) is 41.5 Å². The lowest BCUT2D eigenvalue weighted by molar-refractivity contribution is -0.154. The van der Waals surface area contributed by atoms with E-state index < -0.39 is 12.8 Å². The van der Waals surface area contributed by atoms with E-state index in [0.717, 1.165) is 5.56 Å². The molecule has 0 aliphatic heterocycles. The number of guanidine groups is 1. The van der Waals surface area contributed by atoms with Crippen LogP contribution in [-0.2, 0) is 13.1 Å². The number of ether oxygens (including phenoxy) is 1. The highest BCUT2D eigenvalue weighted by molar-refractivity contribution is 14.0. The van der Waals surface area contributed by atoms with Gasteiger partial charge in [-0.05, 0) is 35.7 Å². The molecule has 2 aromatic rings. The number of aliphatic imine (C=N–C) groups is 1. The number of aromatic nitrogens is 1. The number of halogens is 5. The highest BCUT2D eigenvalue weighted by Gasteiger charge is 2.28. The fourth-order valence-corrected chi connectivity index (χ4v) is 2.13. The quantitative estimate of drug-likeness (QED) is 0.267. The summed E-state index contributed by atoms with van der Waals surface area (Å²) in [6.07, 6.45) is -3.05. The van der Waals surface area contributed by atoms with Crippen molar-refractivity contribution in [2.75, 3.05) is 13.7 Å². The molecule has 0 saturated heterocycles. The van der Waals surface area contributed by atoms with Crippen molar-refractivity contribution in [2.24, 2.45) is 4.99 Å². The molecule has 0 fully saturated rings. The molecule has 0 spiro atoms. The summed E-state index contributed by atoms with van der Waals surface area (Å²) >= 11 is 0. The zero-order valence-corrected chi connectivity index (χ0v) is 17.6. The molecule has 0 bridgehead atoms. The fourth-order valence-electron chi connectivity index (χ4n) is 2.13. The van der Waals surface area contributed by atoms with E-state index in [-0.39, 0.29) is 35.7 Å². The van der Waals surface area contributed by atoms with Crippen molar-refractivity contribution >= 4 is 29.9 Å². The maximum atomic E-state index is 13.6. The van der Waals surface area contributed by atoms with Gasteiger partial charge in [-0.3, -0.25) is 4.99 Å². The monoisotopic (exact) mass is 512 g/mol. The SMILES string of the molecule is CN=C(NCc1ccnc(OCC(F)(F)F)c1)NCc1ccc(C)c(F)c1.I. The Morgan fingerprint density at radius 3 is 2.32 bits per heavy atom. The van der Waals surface area contributed by atoms with E-state index in [1.165, 1.54) is 18.3 Å². The van der Waals surface area contributed by atoms with Gasteiger partial charge in [0.05, 0.1) is 0 Å². The van der Waals surface area contributed by atoms with Crippen molar-refractivity contribution < 1.29 is 22.3 Å². The summed E-state index contributed by atoms with van der Waals surface area (Å²) < 4.78 is 54.8. The van der Waals surface area contributed by atoms with Crippen molar-refractivity contribution in [3.05, 3.63) is 59.0 Å². The predicted molar refractivity (Wildman–Crippen MR) is 109 cm³/mol. The maximum absolute atomic E-state index is 13.6. The number of pyridine rings is 1. The van der Waals surface area contributed by atoms with Gasteiger partial charge >= 0.3 is 6.18 Å². The molecule has 154 valence electrons. The molecule has 28 heavy (non-hydrogen) atoms. The molecule has 0 amide bonds. The number of alkyl halides is 3. The summed E-state index contributed by atoms with van der Waals surface area (Å²) in [4.78, 5) is 7.80. The zero-order chi connectivity index (χ0) is 19.9. The van der Waals surface area contributed by atoms with Crippen LogP contribution < -0.4 is 15.4 Å². The molecule has 10 heteroatoms. The number of nitrogens with one attached hydrogen (secondary N) is 2. The summed E-state index contributed by atoms with van der Waals surface area (Å²) in [6, 6.07) is 8.02. The van der Waals surface area contributed by atoms with E-state index >= 15 is 0 Å². The Morgan fingerprint density at radius 1 is 1.11 bits per heavy atom. The van der Waals surface area contributed by atoms with Crippen molar-refractivity contribution in [3.63, 3.8) is 0 Å². The molecule has 1 aromatic heterocycles. The smallest absolute Gasteiger partial charge is 0.422 e. The maximum Gasteiger partial charge on any atom is 0.422 e. The highest BCUT2D eigenvalue weighted by atomic mass is 127. The second-order valence-corrected chi connectivity index (χ2v) is 5.77. The minimum Gasteiger partial charge on any atom is -0.468 e. The van der Waals surface area contributed by atoms with E-state index in [4.69, 9.17) is 0 Å². The first kappa shape index (κ1) is 23.9. The van der Waals surface area contributed by atoms with E-state index in [0.29, 0.717) is 30.2 Å². The van der Waals surface area contributed by atoms with Crippen molar-refractivity contribution in [1.82, 2.24) is 15.6 Å². The molecule has 0 radical (unpaired) electrons. The average Bonchev–Trinajstić information content (AvgIpc) is 2.63. The first-order chi connectivity index (χ1) is 12.8. The third-order valence-corrected chi connectivity index (χ3v) is 3.56. The number of rotatable bonds is 6. The van der Waals surface area contributed by atoms with Gasteiger partial charge in [0, 0.05) is 32.4 Å². The Kier molecular flexibility index (Phi) is 9.42. The summed E-state index contributed by atoms with van der Waals surface area (Å²) in [5.41, 5.74) is 2.00. The van der Waals surface area contributed by atoms with Crippen molar-refractivity contribution in [3.8, 4) is 5.88 Å². The summed E-state index contributed by atoms with van der Waals surface area (Å²) in [7, 11) is 1.58. The van der Waals surface area contributed by atoms with Crippen LogP contribution in [0.4, 0.5) is 17.6 Å². The van der Waals surface area contributed by atoms with Crippen LogP contribution in [0, 0.1) is 12.7 Å². The lowest BCUT2D eigenvalue weighted by Crippen LogP contribution is -2.36. The molecule has 0 atom stereocenters. The number of hydrogen-bond acceptors (Lipinski definition) is 3. The van der Waals surface area contributed by atoms with Gasteiger partial charge in [-0.1, -0.05) is 12.1 Å². The third-order valence-electron chi connectivity index (χ3n) is 3.56. The lowest BCUT2D eigenvalue weighted by atomic mass is 10.1. The Bertz CT molecular complexity index is 799. The number of benzene rings is 1. The second kappa shape index (κ2) is 11.0. The topological polar surface area (TPSA) is 58.5 Å². The van der Waals surface area contributed by atoms with Gasteiger partial charge in [0.25, 0.3) is 0 Å². The van der Waals surface area contributed by atoms with Crippen molar-refractivity contribution in [2.45, 2.75) is 26.2 Å². The molecule has 5 nitrogen and oxygen atoms in total. The minimum absolute atomic E-state index is 0. The molecule has 0 aliphatic rings. The summed E-state index contributed by atoms with van der Waals surface area (Å²) in [5, 5.41) is 6.06. The molecule has 0 saturated carbocycles. The van der Waals surface area contributed by atoms with Crippen LogP contribution in [-0.4, -0.2) is 30.8 Å². The highest BCUT2D eigenvalue weighted by Crippen LogP contribution is 2.17. The van der Waals surface area contributed by atoms with Crippen LogP contribution in [0.2, 0.25) is 0 Å². The Balaban J connectivity index is 0.00000392. The van der Waals surface area contributed by atoms with E-state index in [1.807, 2.05) is 6.07 Å². The molecular weight excluding hydrogens is 491 g/mol. The summed E-state index contributed by atoms with van der Waals surface area (Å²) in [6.45, 7) is 0.960. The average molecular weight is 512 g/mol.